The minimum Gasteiger partial charge on any atom is -0.350 e. The van der Waals surface area contributed by atoms with Gasteiger partial charge in [-0.15, -0.1) is 0 Å². The third-order valence-corrected chi connectivity index (χ3v) is 5.43. The van der Waals surface area contributed by atoms with Crippen molar-refractivity contribution >= 4 is 11.8 Å². The van der Waals surface area contributed by atoms with Gasteiger partial charge in [0.05, 0.1) is 5.92 Å². The molecule has 1 unspecified atom stereocenters. The number of benzene rings is 1. The lowest BCUT2D eigenvalue weighted by atomic mass is 9.98. The van der Waals surface area contributed by atoms with Crippen molar-refractivity contribution in [1.29, 1.82) is 0 Å². The largest absolute Gasteiger partial charge is 0.350 e. The number of nitrogens with one attached hydrogen (secondary N) is 1. The van der Waals surface area contributed by atoms with E-state index in [-0.39, 0.29) is 23.3 Å². The summed E-state index contributed by atoms with van der Waals surface area (Å²) < 4.78 is 0. The third-order valence-electron chi connectivity index (χ3n) is 5.43. The summed E-state index contributed by atoms with van der Waals surface area (Å²) in [6.07, 6.45) is 3.28. The van der Waals surface area contributed by atoms with Gasteiger partial charge in [-0.25, -0.2) is 0 Å². The zero-order valence-corrected chi connectivity index (χ0v) is 15.5. The van der Waals surface area contributed by atoms with Crippen molar-refractivity contribution in [1.82, 2.24) is 15.1 Å². The van der Waals surface area contributed by atoms with E-state index < -0.39 is 0 Å². The summed E-state index contributed by atoms with van der Waals surface area (Å²) in [5, 5.41) is 3.26. The molecule has 136 valence electrons. The number of rotatable bonds is 7. The van der Waals surface area contributed by atoms with Gasteiger partial charge in [-0.3, -0.25) is 9.59 Å². The molecule has 5 heteroatoms. The second-order valence-electron chi connectivity index (χ2n) is 7.92. The number of hydrogen-bond acceptors (Lipinski definition) is 3. The lowest BCUT2D eigenvalue weighted by Gasteiger charge is -2.22. The predicted octanol–water partition coefficient (Wildman–Crippen LogP) is 1.60. The fourth-order valence-corrected chi connectivity index (χ4v) is 3.52. The molecule has 0 spiro atoms. The van der Waals surface area contributed by atoms with E-state index in [0.717, 1.165) is 25.8 Å². The fraction of sp³-hybridized carbons (Fsp3) is 0.600. The van der Waals surface area contributed by atoms with Crippen LogP contribution in [0.25, 0.3) is 0 Å². The van der Waals surface area contributed by atoms with Gasteiger partial charge in [-0.1, -0.05) is 24.3 Å². The standard InChI is InChI=1S/C20H29N3O2/c1-15-6-4-5-7-16(15)13-20(8-9-20)21-19(25)17-12-18(24)23(14-17)11-10-22(2)3/h4-7,17H,8-14H2,1-3H3,(H,21,25). The Balaban J connectivity index is 1.56. The highest BCUT2D eigenvalue weighted by molar-refractivity contribution is 5.89. The Kier molecular flexibility index (Phi) is 5.13. The number of amides is 2. The molecule has 1 saturated heterocycles. The van der Waals surface area contributed by atoms with Gasteiger partial charge in [0.2, 0.25) is 11.8 Å². The van der Waals surface area contributed by atoms with Gasteiger partial charge in [0.1, 0.15) is 0 Å². The van der Waals surface area contributed by atoms with Crippen molar-refractivity contribution in [3.05, 3.63) is 35.4 Å². The molecule has 2 amide bonds. The van der Waals surface area contributed by atoms with E-state index in [2.05, 4.69) is 35.3 Å². The molecule has 1 aliphatic carbocycles. The quantitative estimate of drug-likeness (QED) is 0.818. The molecule has 25 heavy (non-hydrogen) atoms. The topological polar surface area (TPSA) is 52.7 Å². The minimum absolute atomic E-state index is 0.0480. The summed E-state index contributed by atoms with van der Waals surface area (Å²) in [6.45, 7) is 4.20. The summed E-state index contributed by atoms with van der Waals surface area (Å²) in [5.41, 5.74) is 2.48. The van der Waals surface area contributed by atoms with E-state index in [1.54, 1.807) is 0 Å². The molecule has 1 saturated carbocycles. The van der Waals surface area contributed by atoms with E-state index in [1.807, 2.05) is 25.1 Å². The van der Waals surface area contributed by atoms with Crippen molar-refractivity contribution < 1.29 is 9.59 Å². The van der Waals surface area contributed by atoms with E-state index in [4.69, 9.17) is 0 Å². The molecule has 3 rings (SSSR count). The molecule has 0 bridgehead atoms. The normalized spacial score (nSPS) is 21.7. The molecule has 0 aromatic heterocycles. The number of hydrogen-bond donors (Lipinski definition) is 1. The highest BCUT2D eigenvalue weighted by atomic mass is 16.2. The SMILES string of the molecule is Cc1ccccc1CC1(NC(=O)C2CC(=O)N(CCN(C)C)C2)CC1. The summed E-state index contributed by atoms with van der Waals surface area (Å²) in [4.78, 5) is 28.7. The first-order valence-electron chi connectivity index (χ1n) is 9.18. The Labute approximate surface area is 150 Å². The molecular weight excluding hydrogens is 314 g/mol. The van der Waals surface area contributed by atoms with Crippen LogP contribution in [-0.4, -0.2) is 60.9 Å². The molecule has 2 fully saturated rings. The number of aryl methyl sites for hydroxylation is 1. The monoisotopic (exact) mass is 343 g/mol. The van der Waals surface area contributed by atoms with Gasteiger partial charge < -0.3 is 15.1 Å². The van der Waals surface area contributed by atoms with Crippen LogP contribution < -0.4 is 5.32 Å². The van der Waals surface area contributed by atoms with Crippen molar-refractivity contribution in [3.63, 3.8) is 0 Å². The molecular formula is C20H29N3O2. The van der Waals surface area contributed by atoms with E-state index >= 15 is 0 Å². The van der Waals surface area contributed by atoms with Crippen LogP contribution in [0.2, 0.25) is 0 Å². The highest BCUT2D eigenvalue weighted by Crippen LogP contribution is 2.39. The number of likely N-dealkylation sites (tertiary alicyclic amines) is 1. The molecule has 2 aliphatic rings. The Morgan fingerprint density at radius 3 is 2.68 bits per heavy atom. The van der Waals surface area contributed by atoms with E-state index in [9.17, 15) is 9.59 Å². The molecule has 0 radical (unpaired) electrons. The molecule has 1 N–H and O–H groups in total. The van der Waals surface area contributed by atoms with Crippen molar-refractivity contribution in [3.8, 4) is 0 Å². The Bertz CT molecular complexity index is 652. The van der Waals surface area contributed by atoms with Gasteiger partial charge in [0, 0.05) is 31.6 Å². The van der Waals surface area contributed by atoms with Crippen LogP contribution in [0.5, 0.6) is 0 Å². The average Bonchev–Trinajstić information content (AvgIpc) is 3.20. The predicted molar refractivity (Wildman–Crippen MR) is 98.2 cm³/mol. The van der Waals surface area contributed by atoms with Crippen molar-refractivity contribution in [2.75, 3.05) is 33.7 Å². The minimum atomic E-state index is -0.205. The lowest BCUT2D eigenvalue weighted by Crippen LogP contribution is -2.43. The number of nitrogens with zero attached hydrogens (tertiary/aromatic N) is 2. The third kappa shape index (κ3) is 4.40. The summed E-state index contributed by atoms with van der Waals surface area (Å²) >= 11 is 0. The van der Waals surface area contributed by atoms with Gasteiger partial charge in [0.25, 0.3) is 0 Å². The average molecular weight is 343 g/mol. The van der Waals surface area contributed by atoms with E-state index in [1.165, 1.54) is 11.1 Å². The van der Waals surface area contributed by atoms with Crippen LogP contribution in [0.3, 0.4) is 0 Å². The smallest absolute Gasteiger partial charge is 0.225 e. The maximum Gasteiger partial charge on any atom is 0.225 e. The van der Waals surface area contributed by atoms with Gasteiger partial charge in [0.15, 0.2) is 0 Å². The molecule has 1 aromatic rings. The van der Waals surface area contributed by atoms with Crippen molar-refractivity contribution in [2.45, 2.75) is 38.1 Å². The first kappa shape index (κ1) is 17.9. The number of likely N-dealkylation sites (N-methyl/N-ethyl adjacent to an activating group) is 1. The fourth-order valence-electron chi connectivity index (χ4n) is 3.52. The van der Waals surface area contributed by atoms with Crippen LogP contribution in [0.15, 0.2) is 24.3 Å². The zero-order valence-electron chi connectivity index (χ0n) is 15.5. The molecule has 1 aromatic carbocycles. The molecule has 1 atom stereocenters. The maximum atomic E-state index is 12.7. The van der Waals surface area contributed by atoms with Crippen LogP contribution in [0.4, 0.5) is 0 Å². The van der Waals surface area contributed by atoms with Crippen molar-refractivity contribution in [2.24, 2.45) is 5.92 Å². The molecule has 1 aliphatic heterocycles. The summed E-state index contributed by atoms with van der Waals surface area (Å²) in [5.74, 6) is -0.0541. The molecule has 5 nitrogen and oxygen atoms in total. The van der Waals surface area contributed by atoms with Gasteiger partial charge in [-0.05, 0) is 51.4 Å². The van der Waals surface area contributed by atoms with Gasteiger partial charge in [-0.2, -0.15) is 0 Å². The molecule has 1 heterocycles. The highest BCUT2D eigenvalue weighted by Gasteiger charge is 2.46. The Morgan fingerprint density at radius 2 is 2.04 bits per heavy atom. The first-order valence-corrected chi connectivity index (χ1v) is 9.18. The van der Waals surface area contributed by atoms with E-state index in [0.29, 0.717) is 19.5 Å². The van der Waals surface area contributed by atoms with Crippen LogP contribution in [0, 0.1) is 12.8 Å². The first-order chi connectivity index (χ1) is 11.9. The number of carbonyl (C=O) groups excluding carboxylic acids is 2. The van der Waals surface area contributed by atoms with Gasteiger partial charge >= 0.3 is 0 Å². The summed E-state index contributed by atoms with van der Waals surface area (Å²) in [7, 11) is 3.99. The van der Waals surface area contributed by atoms with Crippen LogP contribution in [-0.2, 0) is 16.0 Å². The second-order valence-corrected chi connectivity index (χ2v) is 7.92. The Hall–Kier alpha value is -1.88. The maximum absolute atomic E-state index is 12.7. The van der Waals surface area contributed by atoms with Crippen LogP contribution in [0.1, 0.15) is 30.4 Å². The van der Waals surface area contributed by atoms with Crippen LogP contribution >= 0.6 is 0 Å². The lowest BCUT2D eigenvalue weighted by molar-refractivity contribution is -0.129. The number of carbonyl (C=O) groups is 2. The zero-order chi connectivity index (χ0) is 18.0. The second kappa shape index (κ2) is 7.16. The Morgan fingerprint density at radius 1 is 1.32 bits per heavy atom. The summed E-state index contributed by atoms with van der Waals surface area (Å²) in [6, 6.07) is 8.36.